The van der Waals surface area contributed by atoms with E-state index in [2.05, 4.69) is 10.3 Å². The van der Waals surface area contributed by atoms with E-state index in [0.717, 1.165) is 10.8 Å². The van der Waals surface area contributed by atoms with Gasteiger partial charge in [-0.15, -0.1) is 0 Å². The number of aliphatic carboxylic acids is 1. The number of H-pyrrole nitrogens is 1. The van der Waals surface area contributed by atoms with Gasteiger partial charge < -0.3 is 15.4 Å². The number of aromatic nitrogens is 2. The standard InChI is InChI=1S/C11H15N3O5/c1-5(2)7(10(17)18)13-8(15)6-4-12-11(19)14(3)9(6)16/h4-5,7H,1-3H3,(H,12,19)(H,13,15)(H,17,18). The molecule has 0 aliphatic carbocycles. The van der Waals surface area contributed by atoms with E-state index in [9.17, 15) is 19.2 Å². The third kappa shape index (κ3) is 3.09. The molecule has 0 aromatic carbocycles. The van der Waals surface area contributed by atoms with Crippen LogP contribution in [0.3, 0.4) is 0 Å². The molecule has 8 nitrogen and oxygen atoms in total. The molecule has 8 heteroatoms. The summed E-state index contributed by atoms with van der Waals surface area (Å²) in [4.78, 5) is 47.8. The highest BCUT2D eigenvalue weighted by Crippen LogP contribution is 2.02. The highest BCUT2D eigenvalue weighted by molar-refractivity contribution is 5.96. The molecule has 0 spiro atoms. The van der Waals surface area contributed by atoms with E-state index in [1.165, 1.54) is 7.05 Å². The van der Waals surface area contributed by atoms with E-state index in [0.29, 0.717) is 0 Å². The van der Waals surface area contributed by atoms with E-state index >= 15 is 0 Å². The Bertz CT molecular complexity index is 613. The molecule has 1 rings (SSSR count). The van der Waals surface area contributed by atoms with Gasteiger partial charge in [-0.25, -0.2) is 9.59 Å². The molecule has 0 fully saturated rings. The Hall–Kier alpha value is -2.38. The summed E-state index contributed by atoms with van der Waals surface area (Å²) in [5, 5.41) is 11.2. The normalized spacial score (nSPS) is 12.2. The van der Waals surface area contributed by atoms with E-state index in [1.807, 2.05) is 0 Å². The van der Waals surface area contributed by atoms with E-state index in [1.54, 1.807) is 13.8 Å². The van der Waals surface area contributed by atoms with Crippen molar-refractivity contribution in [3.05, 3.63) is 32.6 Å². The van der Waals surface area contributed by atoms with Gasteiger partial charge in [0.2, 0.25) is 0 Å². The number of carbonyl (C=O) groups is 2. The second-order valence-electron chi connectivity index (χ2n) is 4.41. The summed E-state index contributed by atoms with van der Waals surface area (Å²) >= 11 is 0. The topological polar surface area (TPSA) is 121 Å². The number of aromatic amines is 1. The second kappa shape index (κ2) is 5.51. The SMILES string of the molecule is CC(C)C(NC(=O)c1c[nH]c(=O)n(C)c1=O)C(=O)O. The molecular weight excluding hydrogens is 254 g/mol. The molecule has 1 atom stereocenters. The van der Waals surface area contributed by atoms with Crippen LogP contribution in [0.4, 0.5) is 0 Å². The van der Waals surface area contributed by atoms with Crippen LogP contribution < -0.4 is 16.6 Å². The fourth-order valence-corrected chi connectivity index (χ4v) is 1.46. The van der Waals surface area contributed by atoms with Crippen LogP contribution in [0.1, 0.15) is 24.2 Å². The van der Waals surface area contributed by atoms with Gasteiger partial charge in [0.25, 0.3) is 11.5 Å². The average Bonchev–Trinajstić information content (AvgIpc) is 2.32. The summed E-state index contributed by atoms with van der Waals surface area (Å²) in [5.41, 5.74) is -1.75. The lowest BCUT2D eigenvalue weighted by Crippen LogP contribution is -2.47. The number of nitrogens with one attached hydrogen (secondary N) is 2. The summed E-state index contributed by atoms with van der Waals surface area (Å²) in [6.07, 6.45) is 0.971. The van der Waals surface area contributed by atoms with E-state index in [4.69, 9.17) is 5.11 Å². The predicted octanol–water partition coefficient (Wildman–Crippen LogP) is -1.09. The molecule has 0 saturated heterocycles. The fraction of sp³-hybridized carbons (Fsp3) is 0.455. The van der Waals surface area contributed by atoms with Crippen LogP contribution in [-0.2, 0) is 11.8 Å². The zero-order valence-electron chi connectivity index (χ0n) is 10.8. The molecule has 3 N–H and O–H groups in total. The van der Waals surface area contributed by atoms with Gasteiger partial charge in [0.05, 0.1) is 0 Å². The summed E-state index contributed by atoms with van der Waals surface area (Å²) in [5.74, 6) is -2.37. The van der Waals surface area contributed by atoms with Crippen molar-refractivity contribution >= 4 is 11.9 Å². The molecule has 0 saturated carbocycles. The van der Waals surface area contributed by atoms with Crippen LogP contribution in [0.25, 0.3) is 0 Å². The third-order valence-electron chi connectivity index (χ3n) is 2.64. The van der Waals surface area contributed by atoms with Crippen LogP contribution in [0.5, 0.6) is 0 Å². The second-order valence-corrected chi connectivity index (χ2v) is 4.41. The molecule has 0 aliphatic rings. The van der Waals surface area contributed by atoms with Crippen LogP contribution >= 0.6 is 0 Å². The van der Waals surface area contributed by atoms with Gasteiger partial charge in [-0.05, 0) is 5.92 Å². The summed E-state index contributed by atoms with van der Waals surface area (Å²) < 4.78 is 0.736. The Morgan fingerprint density at radius 1 is 1.37 bits per heavy atom. The third-order valence-corrected chi connectivity index (χ3v) is 2.64. The zero-order chi connectivity index (χ0) is 14.7. The molecule has 0 radical (unpaired) electrons. The highest BCUT2D eigenvalue weighted by atomic mass is 16.4. The maximum absolute atomic E-state index is 11.8. The average molecular weight is 269 g/mol. The van der Waals surface area contributed by atoms with Crippen molar-refractivity contribution in [3.8, 4) is 0 Å². The Labute approximate surface area is 108 Å². The maximum Gasteiger partial charge on any atom is 0.328 e. The molecule has 19 heavy (non-hydrogen) atoms. The van der Waals surface area contributed by atoms with Crippen molar-refractivity contribution in [1.82, 2.24) is 14.9 Å². The predicted molar refractivity (Wildman–Crippen MR) is 66.0 cm³/mol. The van der Waals surface area contributed by atoms with Crippen LogP contribution in [0.15, 0.2) is 15.8 Å². The summed E-state index contributed by atoms with van der Waals surface area (Å²) in [6, 6.07) is -1.11. The number of carboxylic acids is 1. The molecule has 104 valence electrons. The van der Waals surface area contributed by atoms with Gasteiger partial charge in [-0.2, -0.15) is 0 Å². The fourth-order valence-electron chi connectivity index (χ4n) is 1.46. The molecule has 1 aromatic heterocycles. The number of nitrogens with zero attached hydrogens (tertiary/aromatic N) is 1. The van der Waals surface area contributed by atoms with E-state index in [-0.39, 0.29) is 11.5 Å². The molecule has 0 bridgehead atoms. The minimum atomic E-state index is -1.19. The smallest absolute Gasteiger partial charge is 0.328 e. The maximum atomic E-state index is 11.8. The first-order valence-corrected chi connectivity index (χ1v) is 5.58. The quantitative estimate of drug-likeness (QED) is 0.641. The number of hydrogen-bond donors (Lipinski definition) is 3. The van der Waals surface area contributed by atoms with Gasteiger partial charge in [0, 0.05) is 13.2 Å². The van der Waals surface area contributed by atoms with Crippen LogP contribution in [0, 0.1) is 5.92 Å². The number of hydrogen-bond acceptors (Lipinski definition) is 4. The minimum absolute atomic E-state index is 0.311. The molecule has 1 amide bonds. The first kappa shape index (κ1) is 14.7. The van der Waals surface area contributed by atoms with E-state index < -0.39 is 29.2 Å². The zero-order valence-corrected chi connectivity index (χ0v) is 10.8. The van der Waals surface area contributed by atoms with Crippen molar-refractivity contribution in [2.75, 3.05) is 0 Å². The highest BCUT2D eigenvalue weighted by Gasteiger charge is 2.25. The number of carbonyl (C=O) groups excluding carboxylic acids is 1. The van der Waals surface area contributed by atoms with Gasteiger partial charge in [-0.3, -0.25) is 14.2 Å². The van der Waals surface area contributed by atoms with Crippen molar-refractivity contribution in [1.29, 1.82) is 0 Å². The summed E-state index contributed by atoms with van der Waals surface area (Å²) in [7, 11) is 1.22. The molecule has 1 heterocycles. The van der Waals surface area contributed by atoms with Crippen LogP contribution in [-0.4, -0.2) is 32.6 Å². The van der Waals surface area contributed by atoms with Gasteiger partial charge in [0.1, 0.15) is 11.6 Å². The lowest BCUT2D eigenvalue weighted by Gasteiger charge is -2.17. The van der Waals surface area contributed by atoms with Crippen molar-refractivity contribution in [2.45, 2.75) is 19.9 Å². The minimum Gasteiger partial charge on any atom is -0.480 e. The summed E-state index contributed by atoms with van der Waals surface area (Å²) in [6.45, 7) is 3.26. The molecular formula is C11H15N3O5. The molecule has 1 aromatic rings. The van der Waals surface area contributed by atoms with Crippen molar-refractivity contribution < 1.29 is 14.7 Å². The monoisotopic (exact) mass is 269 g/mol. The molecule has 0 aliphatic heterocycles. The molecule has 1 unspecified atom stereocenters. The number of carboxylic acid groups (broad SMARTS) is 1. The van der Waals surface area contributed by atoms with Crippen LogP contribution in [0.2, 0.25) is 0 Å². The number of rotatable bonds is 4. The Kier molecular flexibility index (Phi) is 4.26. The van der Waals surface area contributed by atoms with Gasteiger partial charge in [0.15, 0.2) is 0 Å². The first-order chi connectivity index (χ1) is 8.75. The first-order valence-electron chi connectivity index (χ1n) is 5.58. The Balaban J connectivity index is 3.09. The largest absolute Gasteiger partial charge is 0.480 e. The Morgan fingerprint density at radius 3 is 2.42 bits per heavy atom. The lowest BCUT2D eigenvalue weighted by molar-refractivity contribution is -0.140. The Morgan fingerprint density at radius 2 is 1.95 bits per heavy atom. The lowest BCUT2D eigenvalue weighted by atomic mass is 10.0. The van der Waals surface area contributed by atoms with Crippen molar-refractivity contribution in [2.24, 2.45) is 13.0 Å². The van der Waals surface area contributed by atoms with Gasteiger partial charge in [-0.1, -0.05) is 13.8 Å². The van der Waals surface area contributed by atoms with Crippen molar-refractivity contribution in [3.63, 3.8) is 0 Å². The van der Waals surface area contributed by atoms with Gasteiger partial charge >= 0.3 is 11.7 Å². The number of amides is 1.